The second-order valence-electron chi connectivity index (χ2n) is 5.32. The SMILES string of the molecule is N#Cc1ccccc1C(=O)NC1CCCCCC1CO. The van der Waals surface area contributed by atoms with Gasteiger partial charge < -0.3 is 10.4 Å². The number of aliphatic hydroxyl groups is 1. The molecule has 1 fully saturated rings. The van der Waals surface area contributed by atoms with Crippen molar-refractivity contribution >= 4 is 5.91 Å². The zero-order valence-electron chi connectivity index (χ0n) is 11.5. The summed E-state index contributed by atoms with van der Waals surface area (Å²) in [5.74, 6) is -0.0943. The van der Waals surface area contributed by atoms with Gasteiger partial charge >= 0.3 is 0 Å². The number of aliphatic hydroxyl groups excluding tert-OH is 1. The maximum Gasteiger partial charge on any atom is 0.252 e. The van der Waals surface area contributed by atoms with E-state index in [1.165, 1.54) is 0 Å². The Morgan fingerprint density at radius 2 is 2.05 bits per heavy atom. The molecule has 4 heteroatoms. The van der Waals surface area contributed by atoms with E-state index in [4.69, 9.17) is 5.26 Å². The Morgan fingerprint density at radius 3 is 2.80 bits per heavy atom. The molecule has 2 N–H and O–H groups in total. The molecule has 4 nitrogen and oxygen atoms in total. The largest absolute Gasteiger partial charge is 0.396 e. The Kier molecular flexibility index (Phi) is 5.14. The third-order valence-corrected chi connectivity index (χ3v) is 4.00. The van der Waals surface area contributed by atoms with Crippen LogP contribution < -0.4 is 5.32 Å². The lowest BCUT2D eigenvalue weighted by Crippen LogP contribution is -2.41. The van der Waals surface area contributed by atoms with E-state index in [0.717, 1.165) is 32.1 Å². The van der Waals surface area contributed by atoms with Gasteiger partial charge in [-0.15, -0.1) is 0 Å². The van der Waals surface area contributed by atoms with Crippen LogP contribution in [0.5, 0.6) is 0 Å². The van der Waals surface area contributed by atoms with Gasteiger partial charge in [0.1, 0.15) is 0 Å². The molecule has 20 heavy (non-hydrogen) atoms. The standard InChI is InChI=1S/C16H20N2O2/c17-10-12-6-4-5-8-14(12)16(20)18-15-9-3-1-2-7-13(15)11-19/h4-6,8,13,15,19H,1-3,7,9,11H2,(H,18,20). The van der Waals surface area contributed by atoms with Crippen molar-refractivity contribution in [2.24, 2.45) is 5.92 Å². The van der Waals surface area contributed by atoms with E-state index >= 15 is 0 Å². The zero-order valence-corrected chi connectivity index (χ0v) is 11.5. The number of hydrogen-bond donors (Lipinski definition) is 2. The maximum atomic E-state index is 12.3. The van der Waals surface area contributed by atoms with Gasteiger partial charge in [-0.1, -0.05) is 31.4 Å². The Balaban J connectivity index is 2.11. The molecule has 2 unspecified atom stereocenters. The highest BCUT2D eigenvalue weighted by molar-refractivity contribution is 5.96. The van der Waals surface area contributed by atoms with Gasteiger partial charge in [-0.25, -0.2) is 0 Å². The zero-order chi connectivity index (χ0) is 14.4. The second-order valence-corrected chi connectivity index (χ2v) is 5.32. The first-order chi connectivity index (χ1) is 9.76. The molecule has 0 aliphatic heterocycles. The molecule has 1 saturated carbocycles. The van der Waals surface area contributed by atoms with Crippen molar-refractivity contribution in [3.05, 3.63) is 35.4 Å². The monoisotopic (exact) mass is 272 g/mol. The van der Waals surface area contributed by atoms with Gasteiger partial charge in [0.15, 0.2) is 0 Å². The van der Waals surface area contributed by atoms with Crippen LogP contribution in [0.3, 0.4) is 0 Å². The third kappa shape index (κ3) is 3.37. The van der Waals surface area contributed by atoms with Crippen LogP contribution in [-0.4, -0.2) is 23.7 Å². The predicted molar refractivity (Wildman–Crippen MR) is 76.1 cm³/mol. The van der Waals surface area contributed by atoms with Crippen LogP contribution in [0.4, 0.5) is 0 Å². The highest BCUT2D eigenvalue weighted by atomic mass is 16.3. The van der Waals surface area contributed by atoms with Gasteiger partial charge in [-0.3, -0.25) is 4.79 Å². The van der Waals surface area contributed by atoms with Crippen LogP contribution in [0.2, 0.25) is 0 Å². The number of carbonyl (C=O) groups is 1. The van der Waals surface area contributed by atoms with Gasteiger partial charge in [-0.2, -0.15) is 5.26 Å². The molecule has 0 spiro atoms. The fraction of sp³-hybridized carbons (Fsp3) is 0.500. The molecule has 2 rings (SSSR count). The number of nitrogens with one attached hydrogen (secondary N) is 1. The summed E-state index contributed by atoms with van der Waals surface area (Å²) in [5.41, 5.74) is 0.801. The summed E-state index contributed by atoms with van der Waals surface area (Å²) in [7, 11) is 0. The fourth-order valence-corrected chi connectivity index (χ4v) is 2.82. The van der Waals surface area contributed by atoms with E-state index in [1.807, 2.05) is 6.07 Å². The average Bonchev–Trinajstić information content (AvgIpc) is 2.72. The number of amides is 1. The molecule has 0 aromatic heterocycles. The molecule has 0 saturated heterocycles. The minimum absolute atomic E-state index is 0.00162. The van der Waals surface area contributed by atoms with Gasteiger partial charge in [0, 0.05) is 18.6 Å². The van der Waals surface area contributed by atoms with Gasteiger partial charge in [0.05, 0.1) is 17.2 Å². The topological polar surface area (TPSA) is 73.1 Å². The number of nitrogens with zero attached hydrogens (tertiary/aromatic N) is 1. The van der Waals surface area contributed by atoms with Crippen LogP contribution in [0.25, 0.3) is 0 Å². The lowest BCUT2D eigenvalue weighted by molar-refractivity contribution is 0.0899. The van der Waals surface area contributed by atoms with Crippen molar-refractivity contribution in [3.8, 4) is 6.07 Å². The third-order valence-electron chi connectivity index (χ3n) is 4.00. The average molecular weight is 272 g/mol. The van der Waals surface area contributed by atoms with Crippen molar-refractivity contribution in [3.63, 3.8) is 0 Å². The van der Waals surface area contributed by atoms with Crippen molar-refractivity contribution in [1.29, 1.82) is 5.26 Å². The molecule has 1 aromatic carbocycles. The summed E-state index contributed by atoms with van der Waals surface area (Å²) in [6.45, 7) is 0.102. The summed E-state index contributed by atoms with van der Waals surface area (Å²) in [4.78, 5) is 12.3. The smallest absolute Gasteiger partial charge is 0.252 e. The van der Waals surface area contributed by atoms with Crippen LogP contribution in [0.1, 0.15) is 48.0 Å². The minimum atomic E-state index is -0.215. The molecule has 106 valence electrons. The lowest BCUT2D eigenvalue weighted by atomic mass is 9.95. The number of hydrogen-bond acceptors (Lipinski definition) is 3. The molecule has 1 aromatic rings. The number of benzene rings is 1. The molecule has 1 aliphatic carbocycles. The molecule has 0 bridgehead atoms. The lowest BCUT2D eigenvalue weighted by Gasteiger charge is -2.24. The highest BCUT2D eigenvalue weighted by Crippen LogP contribution is 2.23. The number of rotatable bonds is 3. The van der Waals surface area contributed by atoms with Gasteiger partial charge in [0.2, 0.25) is 0 Å². The van der Waals surface area contributed by atoms with Crippen LogP contribution in [0, 0.1) is 17.2 Å². The summed E-state index contributed by atoms with van der Waals surface area (Å²) in [5, 5.41) is 21.5. The minimum Gasteiger partial charge on any atom is -0.396 e. The normalized spacial score (nSPS) is 22.6. The Morgan fingerprint density at radius 1 is 1.30 bits per heavy atom. The first-order valence-electron chi connectivity index (χ1n) is 7.17. The number of nitriles is 1. The van der Waals surface area contributed by atoms with Crippen molar-refractivity contribution < 1.29 is 9.90 Å². The quantitative estimate of drug-likeness (QED) is 0.829. The van der Waals surface area contributed by atoms with E-state index in [2.05, 4.69) is 5.32 Å². The highest BCUT2D eigenvalue weighted by Gasteiger charge is 2.25. The van der Waals surface area contributed by atoms with E-state index in [-0.39, 0.29) is 24.5 Å². The first-order valence-corrected chi connectivity index (χ1v) is 7.17. The van der Waals surface area contributed by atoms with Crippen LogP contribution in [0.15, 0.2) is 24.3 Å². The van der Waals surface area contributed by atoms with Crippen molar-refractivity contribution in [2.75, 3.05) is 6.61 Å². The Bertz CT molecular complexity index is 507. The molecular weight excluding hydrogens is 252 g/mol. The van der Waals surface area contributed by atoms with E-state index < -0.39 is 0 Å². The predicted octanol–water partition coefficient (Wildman–Crippen LogP) is 2.23. The van der Waals surface area contributed by atoms with E-state index in [1.54, 1.807) is 24.3 Å². The maximum absolute atomic E-state index is 12.3. The van der Waals surface area contributed by atoms with Gasteiger partial charge in [0.25, 0.3) is 5.91 Å². The van der Waals surface area contributed by atoms with Crippen molar-refractivity contribution in [1.82, 2.24) is 5.32 Å². The summed E-state index contributed by atoms with van der Waals surface area (Å²) < 4.78 is 0. The Labute approximate surface area is 119 Å². The van der Waals surface area contributed by atoms with Crippen molar-refractivity contribution in [2.45, 2.75) is 38.1 Å². The molecule has 0 heterocycles. The number of carbonyl (C=O) groups excluding carboxylic acids is 1. The van der Waals surface area contributed by atoms with Gasteiger partial charge in [-0.05, 0) is 25.0 Å². The summed E-state index contributed by atoms with van der Waals surface area (Å²) in [6, 6.07) is 8.86. The molecular formula is C16H20N2O2. The van der Waals surface area contributed by atoms with Crippen LogP contribution in [-0.2, 0) is 0 Å². The van der Waals surface area contributed by atoms with E-state index in [9.17, 15) is 9.90 Å². The Hall–Kier alpha value is -1.86. The summed E-state index contributed by atoms with van der Waals surface area (Å²) in [6.07, 6.45) is 5.17. The van der Waals surface area contributed by atoms with E-state index in [0.29, 0.717) is 11.1 Å². The molecule has 1 aliphatic rings. The molecule has 1 amide bonds. The van der Waals surface area contributed by atoms with Crippen LogP contribution >= 0.6 is 0 Å². The molecule has 2 atom stereocenters. The second kappa shape index (κ2) is 7.06. The first kappa shape index (κ1) is 14.5. The fourth-order valence-electron chi connectivity index (χ4n) is 2.82. The molecule has 0 radical (unpaired) electrons. The summed E-state index contributed by atoms with van der Waals surface area (Å²) >= 11 is 0.